The molecule has 2 rings (SSSR count). The lowest BCUT2D eigenvalue weighted by Crippen LogP contribution is -2.06. The second-order valence-electron chi connectivity index (χ2n) is 2.90. The van der Waals surface area contributed by atoms with Crippen LogP contribution in [0.25, 0.3) is 11.5 Å². The van der Waals surface area contributed by atoms with Gasteiger partial charge in [0, 0.05) is 6.20 Å². The van der Waals surface area contributed by atoms with Crippen molar-refractivity contribution in [3.63, 3.8) is 0 Å². The number of halogens is 1. The number of hydrogen-bond acceptors (Lipinski definition) is 5. The summed E-state index contributed by atoms with van der Waals surface area (Å²) in [6.45, 7) is 0.482. The molecule has 0 bridgehead atoms. The Morgan fingerprint density at radius 1 is 1.53 bits per heavy atom. The predicted molar refractivity (Wildman–Crippen MR) is 50.3 cm³/mol. The Morgan fingerprint density at radius 2 is 2.40 bits per heavy atom. The molecule has 0 saturated heterocycles. The minimum Gasteiger partial charge on any atom is -0.334 e. The van der Waals surface area contributed by atoms with E-state index in [1.165, 1.54) is 12.3 Å². The van der Waals surface area contributed by atoms with Crippen molar-refractivity contribution in [2.75, 3.05) is 7.05 Å². The highest BCUT2D eigenvalue weighted by Gasteiger charge is 2.12. The highest BCUT2D eigenvalue weighted by molar-refractivity contribution is 5.52. The maximum Gasteiger partial charge on any atom is 0.261 e. The van der Waals surface area contributed by atoms with Crippen molar-refractivity contribution in [2.45, 2.75) is 6.54 Å². The lowest BCUT2D eigenvalue weighted by atomic mass is 10.2. The fourth-order valence-electron chi connectivity index (χ4n) is 1.14. The van der Waals surface area contributed by atoms with Crippen molar-refractivity contribution in [2.24, 2.45) is 0 Å². The summed E-state index contributed by atoms with van der Waals surface area (Å²) in [6, 6.07) is 1.49. The Labute approximate surface area is 85.3 Å². The van der Waals surface area contributed by atoms with Crippen molar-refractivity contribution in [1.82, 2.24) is 20.4 Å². The molecule has 5 nitrogen and oxygen atoms in total. The van der Waals surface area contributed by atoms with Gasteiger partial charge in [-0.2, -0.15) is 4.98 Å². The van der Waals surface area contributed by atoms with Gasteiger partial charge in [-0.15, -0.1) is 0 Å². The van der Waals surface area contributed by atoms with Crippen LogP contribution in [0.5, 0.6) is 0 Å². The number of nitrogens with zero attached hydrogens (tertiary/aromatic N) is 3. The molecule has 1 N–H and O–H groups in total. The third-order valence-corrected chi connectivity index (χ3v) is 1.81. The molecule has 0 fully saturated rings. The molecule has 15 heavy (non-hydrogen) atoms. The van der Waals surface area contributed by atoms with Crippen molar-refractivity contribution in [3.8, 4) is 11.5 Å². The van der Waals surface area contributed by atoms with E-state index in [0.29, 0.717) is 12.4 Å². The van der Waals surface area contributed by atoms with Gasteiger partial charge in [0.2, 0.25) is 0 Å². The average molecular weight is 208 g/mol. The van der Waals surface area contributed by atoms with Gasteiger partial charge in [0.1, 0.15) is 0 Å². The summed E-state index contributed by atoms with van der Waals surface area (Å²) in [5, 5.41) is 6.56. The van der Waals surface area contributed by atoms with Gasteiger partial charge < -0.3 is 9.84 Å². The van der Waals surface area contributed by atoms with E-state index >= 15 is 0 Å². The van der Waals surface area contributed by atoms with Crippen molar-refractivity contribution in [1.29, 1.82) is 0 Å². The monoisotopic (exact) mass is 208 g/mol. The van der Waals surface area contributed by atoms with Crippen LogP contribution in [0, 0.1) is 5.82 Å². The molecule has 0 aliphatic carbocycles. The van der Waals surface area contributed by atoms with E-state index in [1.54, 1.807) is 7.05 Å². The second-order valence-corrected chi connectivity index (χ2v) is 2.90. The summed E-state index contributed by atoms with van der Waals surface area (Å²) < 4.78 is 18.2. The van der Waals surface area contributed by atoms with Crippen LogP contribution in [-0.2, 0) is 6.54 Å². The van der Waals surface area contributed by atoms with Gasteiger partial charge in [-0.05, 0) is 13.1 Å². The van der Waals surface area contributed by atoms with Gasteiger partial charge in [-0.25, -0.2) is 4.39 Å². The number of aromatic nitrogens is 3. The second kappa shape index (κ2) is 4.14. The van der Waals surface area contributed by atoms with Crippen LogP contribution in [-0.4, -0.2) is 22.2 Å². The molecule has 0 atom stereocenters. The van der Waals surface area contributed by atoms with Gasteiger partial charge in [-0.3, -0.25) is 4.98 Å². The average Bonchev–Trinajstić information content (AvgIpc) is 2.68. The first-order valence-electron chi connectivity index (χ1n) is 4.38. The van der Waals surface area contributed by atoms with Crippen LogP contribution in [0.15, 0.2) is 23.0 Å². The minimum absolute atomic E-state index is 0.167. The lowest BCUT2D eigenvalue weighted by Gasteiger charge is -1.93. The molecule has 0 saturated carbocycles. The summed E-state index contributed by atoms with van der Waals surface area (Å²) in [5.74, 6) is 0.181. The molecule has 0 unspecified atom stereocenters. The Hall–Kier alpha value is -1.82. The van der Waals surface area contributed by atoms with Crippen molar-refractivity contribution < 1.29 is 8.91 Å². The third-order valence-electron chi connectivity index (χ3n) is 1.81. The Kier molecular flexibility index (Phi) is 2.68. The quantitative estimate of drug-likeness (QED) is 0.814. The molecule has 2 heterocycles. The van der Waals surface area contributed by atoms with Crippen LogP contribution >= 0.6 is 0 Å². The summed E-state index contributed by atoms with van der Waals surface area (Å²) in [5.41, 5.74) is 0.264. The van der Waals surface area contributed by atoms with E-state index in [0.717, 1.165) is 6.20 Å². The molecule has 2 aromatic heterocycles. The minimum atomic E-state index is -0.475. The molecule has 0 aromatic carbocycles. The molecule has 0 spiro atoms. The zero-order valence-corrected chi connectivity index (χ0v) is 8.07. The fourth-order valence-corrected chi connectivity index (χ4v) is 1.14. The smallest absolute Gasteiger partial charge is 0.261 e. The Balaban J connectivity index is 2.33. The van der Waals surface area contributed by atoms with E-state index in [-0.39, 0.29) is 11.5 Å². The normalized spacial score (nSPS) is 10.5. The highest BCUT2D eigenvalue weighted by atomic mass is 19.1. The van der Waals surface area contributed by atoms with Crippen LogP contribution in [0.2, 0.25) is 0 Å². The summed E-state index contributed by atoms with van der Waals surface area (Å²) in [7, 11) is 1.77. The molecule has 0 aliphatic rings. The largest absolute Gasteiger partial charge is 0.334 e. The predicted octanol–water partition coefficient (Wildman–Crippen LogP) is 0.990. The molecule has 6 heteroatoms. The number of pyridine rings is 1. The van der Waals surface area contributed by atoms with Gasteiger partial charge in [-0.1, -0.05) is 5.16 Å². The van der Waals surface area contributed by atoms with Crippen molar-refractivity contribution in [3.05, 3.63) is 30.1 Å². The van der Waals surface area contributed by atoms with Gasteiger partial charge >= 0.3 is 0 Å². The first-order valence-corrected chi connectivity index (χ1v) is 4.38. The van der Waals surface area contributed by atoms with Crippen LogP contribution in [0.1, 0.15) is 5.82 Å². The van der Waals surface area contributed by atoms with Gasteiger partial charge in [0.15, 0.2) is 11.6 Å². The van der Waals surface area contributed by atoms with E-state index in [1.807, 2.05) is 0 Å². The number of nitrogens with one attached hydrogen (secondary N) is 1. The SMILES string of the molecule is CNCc1noc(-c2ccncc2F)n1. The van der Waals surface area contributed by atoms with E-state index in [9.17, 15) is 4.39 Å². The molecule has 2 aromatic rings. The highest BCUT2D eigenvalue weighted by Crippen LogP contribution is 2.19. The van der Waals surface area contributed by atoms with Crippen LogP contribution in [0.3, 0.4) is 0 Å². The standard InChI is InChI=1S/C9H9FN4O/c1-11-5-8-13-9(15-14-8)6-2-3-12-4-7(6)10/h2-4,11H,5H2,1H3. The lowest BCUT2D eigenvalue weighted by molar-refractivity contribution is 0.418. The van der Waals surface area contributed by atoms with E-state index in [2.05, 4.69) is 20.4 Å². The third kappa shape index (κ3) is 1.99. The Bertz CT molecular complexity index is 457. The van der Waals surface area contributed by atoms with Crippen molar-refractivity contribution >= 4 is 0 Å². The van der Waals surface area contributed by atoms with E-state index in [4.69, 9.17) is 4.52 Å². The van der Waals surface area contributed by atoms with Gasteiger partial charge in [0.05, 0.1) is 18.3 Å². The fraction of sp³-hybridized carbons (Fsp3) is 0.222. The maximum atomic E-state index is 13.3. The molecule has 0 amide bonds. The molecule has 78 valence electrons. The number of hydrogen-bond donors (Lipinski definition) is 1. The molecule has 0 aliphatic heterocycles. The molecular weight excluding hydrogens is 199 g/mol. The zero-order chi connectivity index (χ0) is 10.7. The summed E-state index contributed by atoms with van der Waals surface area (Å²) in [4.78, 5) is 7.66. The van der Waals surface area contributed by atoms with E-state index < -0.39 is 5.82 Å². The topological polar surface area (TPSA) is 63.8 Å². The summed E-state index contributed by atoms with van der Waals surface area (Å²) >= 11 is 0. The molecular formula is C9H9FN4O. The number of rotatable bonds is 3. The maximum absolute atomic E-state index is 13.3. The van der Waals surface area contributed by atoms with Crippen LogP contribution in [0.4, 0.5) is 4.39 Å². The zero-order valence-electron chi connectivity index (χ0n) is 8.07. The summed E-state index contributed by atoms with van der Waals surface area (Å²) in [6.07, 6.45) is 2.58. The molecule has 0 radical (unpaired) electrons. The van der Waals surface area contributed by atoms with Gasteiger partial charge in [0.25, 0.3) is 5.89 Å². The van der Waals surface area contributed by atoms with Crippen LogP contribution < -0.4 is 5.32 Å². The first-order chi connectivity index (χ1) is 7.31. The first kappa shape index (κ1) is 9.72. The Morgan fingerprint density at radius 3 is 3.13 bits per heavy atom.